The van der Waals surface area contributed by atoms with Gasteiger partial charge in [0.25, 0.3) is 0 Å². The van der Waals surface area contributed by atoms with Gasteiger partial charge in [-0.25, -0.2) is 15.0 Å². The van der Waals surface area contributed by atoms with Crippen molar-refractivity contribution in [2.75, 3.05) is 32.7 Å². The lowest BCUT2D eigenvalue weighted by atomic mass is 10.1. The summed E-state index contributed by atoms with van der Waals surface area (Å²) in [6, 6.07) is 3.97. The van der Waals surface area contributed by atoms with Crippen molar-refractivity contribution in [2.24, 2.45) is 5.84 Å². The number of aldehydes is 2. The molecule has 3 aromatic rings. The molecule has 2 aromatic heterocycles. The molecular weight excluding hydrogens is 620 g/mol. The number of nitrogens with two attached hydrogens (primary N) is 1. The standard InChI is InChI=1S/C24H32N6O3S.C6H12O.C2H4O.CH6N2/c1-4-5-6-7-8-9-20(31)26-10-11-30-23-21(22(25-3)27-14-28-23)29-24(30)34-19-13-18-17(12-16(19)2)32-15-33-18;1-2-3-4-5-6-7;1-2-3;1-3-2/h12-14H,4-11,15H2,1-3H3,(H,26,31)(H,25,27,28);6H,2-5H2,1H3;2H,1H3;3H,2H2,1H3. The molecule has 0 unspecified atom stereocenters. The van der Waals surface area contributed by atoms with Crippen LogP contribution in [0.2, 0.25) is 0 Å². The van der Waals surface area contributed by atoms with E-state index in [1.54, 1.807) is 18.8 Å². The number of hydrogen-bond acceptors (Lipinski definition) is 12. The molecule has 47 heavy (non-hydrogen) atoms. The Morgan fingerprint density at radius 2 is 1.66 bits per heavy atom. The number of hydrogen-bond donors (Lipinski definition) is 4. The largest absolute Gasteiger partial charge is 0.454 e. The molecule has 1 aliphatic rings. The predicted octanol–water partition coefficient (Wildman–Crippen LogP) is 5.58. The number of nitrogens with one attached hydrogen (secondary N) is 3. The van der Waals surface area contributed by atoms with Crippen LogP contribution in [0.3, 0.4) is 0 Å². The second kappa shape index (κ2) is 25.4. The quantitative estimate of drug-likeness (QED) is 0.0643. The highest BCUT2D eigenvalue weighted by Crippen LogP contribution is 2.41. The van der Waals surface area contributed by atoms with E-state index in [1.165, 1.54) is 45.4 Å². The average molecular weight is 675 g/mol. The van der Waals surface area contributed by atoms with E-state index >= 15 is 0 Å². The first-order valence-electron chi connectivity index (χ1n) is 16.3. The molecule has 3 heterocycles. The fraction of sp³-hybridized carbons (Fsp3) is 0.576. The smallest absolute Gasteiger partial charge is 0.231 e. The minimum atomic E-state index is 0.0901. The molecule has 0 saturated carbocycles. The van der Waals surface area contributed by atoms with Crippen LogP contribution < -0.4 is 31.4 Å². The number of benzene rings is 1. The highest BCUT2D eigenvalue weighted by molar-refractivity contribution is 7.99. The van der Waals surface area contributed by atoms with Gasteiger partial charge in [-0.2, -0.15) is 0 Å². The van der Waals surface area contributed by atoms with E-state index in [-0.39, 0.29) is 12.7 Å². The van der Waals surface area contributed by atoms with Gasteiger partial charge in [0.05, 0.1) is 0 Å². The summed E-state index contributed by atoms with van der Waals surface area (Å²) < 4.78 is 13.1. The van der Waals surface area contributed by atoms with Gasteiger partial charge in [-0.15, -0.1) is 0 Å². The third-order valence-corrected chi connectivity index (χ3v) is 7.85. The first-order chi connectivity index (χ1) is 22.8. The number of rotatable bonds is 16. The van der Waals surface area contributed by atoms with Crippen LogP contribution in [0.1, 0.15) is 90.5 Å². The minimum Gasteiger partial charge on any atom is -0.454 e. The van der Waals surface area contributed by atoms with Crippen LogP contribution in [0.4, 0.5) is 5.82 Å². The van der Waals surface area contributed by atoms with Crippen molar-refractivity contribution < 1.29 is 23.9 Å². The van der Waals surface area contributed by atoms with Crippen LogP contribution in [0.5, 0.6) is 11.5 Å². The zero-order chi connectivity index (χ0) is 34.9. The van der Waals surface area contributed by atoms with Crippen LogP contribution in [-0.4, -0.2) is 65.4 Å². The van der Waals surface area contributed by atoms with Gasteiger partial charge in [-0.1, -0.05) is 64.1 Å². The van der Waals surface area contributed by atoms with Gasteiger partial charge >= 0.3 is 0 Å². The number of nitrogens with zero attached hydrogens (tertiary/aromatic N) is 4. The number of unbranched alkanes of at least 4 members (excludes halogenated alkanes) is 7. The first-order valence-corrected chi connectivity index (χ1v) is 17.1. The molecule has 0 bridgehead atoms. The van der Waals surface area contributed by atoms with Crippen LogP contribution in [-0.2, 0) is 20.9 Å². The Morgan fingerprint density at radius 3 is 2.30 bits per heavy atom. The number of hydrazine groups is 1. The van der Waals surface area contributed by atoms with Crippen molar-refractivity contribution in [3.63, 3.8) is 0 Å². The summed E-state index contributed by atoms with van der Waals surface area (Å²) in [7, 11) is 3.47. The third-order valence-electron chi connectivity index (χ3n) is 6.70. The molecule has 0 spiro atoms. The lowest BCUT2D eigenvalue weighted by molar-refractivity contribution is -0.121. The van der Waals surface area contributed by atoms with Gasteiger partial charge in [-0.05, 0) is 51.4 Å². The van der Waals surface area contributed by atoms with Crippen molar-refractivity contribution in [3.8, 4) is 11.5 Å². The molecule has 14 heteroatoms. The van der Waals surface area contributed by atoms with Crippen molar-refractivity contribution in [3.05, 3.63) is 24.0 Å². The van der Waals surface area contributed by atoms with Gasteiger partial charge in [0.2, 0.25) is 12.7 Å². The van der Waals surface area contributed by atoms with Gasteiger partial charge in [0.1, 0.15) is 18.9 Å². The molecule has 4 rings (SSSR count). The van der Waals surface area contributed by atoms with E-state index in [2.05, 4.69) is 45.7 Å². The monoisotopic (exact) mass is 674 g/mol. The molecule has 5 N–H and O–H groups in total. The molecule has 0 atom stereocenters. The number of carbonyl (C=O) groups excluding carboxylic acids is 3. The fourth-order valence-electron chi connectivity index (χ4n) is 4.37. The summed E-state index contributed by atoms with van der Waals surface area (Å²) in [5.41, 5.74) is 4.76. The van der Waals surface area contributed by atoms with Gasteiger partial charge in [0.15, 0.2) is 33.6 Å². The summed E-state index contributed by atoms with van der Waals surface area (Å²) in [6.07, 6.45) is 13.7. The van der Waals surface area contributed by atoms with E-state index in [0.29, 0.717) is 30.8 Å². The van der Waals surface area contributed by atoms with E-state index in [0.717, 1.165) is 71.0 Å². The molecule has 0 radical (unpaired) electrons. The summed E-state index contributed by atoms with van der Waals surface area (Å²) in [4.78, 5) is 45.4. The van der Waals surface area contributed by atoms with E-state index in [4.69, 9.17) is 19.3 Å². The van der Waals surface area contributed by atoms with Crippen molar-refractivity contribution in [1.82, 2.24) is 30.3 Å². The third kappa shape index (κ3) is 15.1. The number of carbonyl (C=O) groups is 3. The maximum atomic E-state index is 12.3. The van der Waals surface area contributed by atoms with Crippen molar-refractivity contribution >= 4 is 47.2 Å². The second-order valence-electron chi connectivity index (χ2n) is 10.5. The highest BCUT2D eigenvalue weighted by Gasteiger charge is 2.20. The molecular formula is C33H54N8O5S. The van der Waals surface area contributed by atoms with Gasteiger partial charge in [0, 0.05) is 37.9 Å². The molecule has 0 saturated heterocycles. The number of ether oxygens (including phenoxy) is 2. The predicted molar refractivity (Wildman–Crippen MR) is 188 cm³/mol. The molecule has 1 aromatic carbocycles. The number of aromatic nitrogens is 4. The van der Waals surface area contributed by atoms with E-state index < -0.39 is 0 Å². The Morgan fingerprint density at radius 1 is 1.02 bits per heavy atom. The van der Waals surface area contributed by atoms with Crippen molar-refractivity contribution in [1.29, 1.82) is 0 Å². The van der Waals surface area contributed by atoms with Crippen LogP contribution >= 0.6 is 11.8 Å². The van der Waals surface area contributed by atoms with Crippen molar-refractivity contribution in [2.45, 2.75) is 108 Å². The Labute approximate surface area is 283 Å². The van der Waals surface area contributed by atoms with Gasteiger partial charge < -0.3 is 34.3 Å². The maximum Gasteiger partial charge on any atom is 0.231 e. The number of imidazole rings is 1. The van der Waals surface area contributed by atoms with Gasteiger partial charge in [-0.3, -0.25) is 16.1 Å². The topological polar surface area (TPSA) is 175 Å². The summed E-state index contributed by atoms with van der Waals surface area (Å²) in [6.45, 7) is 9.11. The van der Waals surface area contributed by atoms with Crippen LogP contribution in [0, 0.1) is 6.92 Å². The lowest BCUT2D eigenvalue weighted by Gasteiger charge is -2.11. The molecule has 13 nitrogen and oxygen atoms in total. The zero-order valence-electron chi connectivity index (χ0n) is 28.9. The molecule has 1 aliphatic heterocycles. The summed E-state index contributed by atoms with van der Waals surface area (Å²) in [5, 5.41) is 6.92. The Kier molecular flexibility index (Phi) is 22.3. The minimum absolute atomic E-state index is 0.0901. The lowest BCUT2D eigenvalue weighted by Crippen LogP contribution is -2.27. The number of anilines is 1. The van der Waals surface area contributed by atoms with E-state index in [1.807, 2.05) is 30.7 Å². The Bertz CT molecular complexity index is 1340. The number of aryl methyl sites for hydroxylation is 1. The SMILES string of the molecule is CC=O.CCCCCC=O.CCCCCCCC(=O)NCCn1c(Sc2cc3c(cc2C)OCO3)nc2c(NC)ncnc21.CNN. The molecule has 0 fully saturated rings. The number of fused-ring (bicyclic) bond motifs is 2. The summed E-state index contributed by atoms with van der Waals surface area (Å²) >= 11 is 1.54. The molecule has 262 valence electrons. The van der Waals surface area contributed by atoms with Crippen LogP contribution in [0.25, 0.3) is 11.2 Å². The first kappa shape index (κ1) is 41.3. The maximum absolute atomic E-state index is 12.3. The highest BCUT2D eigenvalue weighted by atomic mass is 32.2. The fourth-order valence-corrected chi connectivity index (χ4v) is 5.38. The van der Waals surface area contributed by atoms with Crippen LogP contribution in [0.15, 0.2) is 28.5 Å². The van der Waals surface area contributed by atoms with E-state index in [9.17, 15) is 9.59 Å². The Balaban J connectivity index is 0.000000725. The zero-order valence-corrected chi connectivity index (χ0v) is 29.7. The second-order valence-corrected chi connectivity index (χ2v) is 11.5. The molecule has 1 amide bonds. The normalized spacial score (nSPS) is 10.9. The summed E-state index contributed by atoms with van der Waals surface area (Å²) in [5.74, 6) is 6.85. The Hall–Kier alpha value is -3.75. The molecule has 0 aliphatic carbocycles. The number of amides is 1. The average Bonchev–Trinajstić information content (AvgIpc) is 3.66.